The van der Waals surface area contributed by atoms with E-state index in [1.165, 1.54) is 30.4 Å². The van der Waals surface area contributed by atoms with Gasteiger partial charge in [0.1, 0.15) is 0 Å². The predicted molar refractivity (Wildman–Crippen MR) is 78.7 cm³/mol. The number of carboxylic acid groups (broad SMARTS) is 1. The summed E-state index contributed by atoms with van der Waals surface area (Å²) in [6.45, 7) is 2.76. The van der Waals surface area contributed by atoms with Crippen LogP contribution in [0.15, 0.2) is 24.3 Å². The monoisotopic (exact) mass is 273 g/mol. The molecule has 1 aliphatic carbocycles. The molecule has 0 aromatic heterocycles. The first kappa shape index (κ1) is 13.6. The highest BCUT2D eigenvalue weighted by Crippen LogP contribution is 2.36. The molecule has 0 unspecified atom stereocenters. The summed E-state index contributed by atoms with van der Waals surface area (Å²) in [5.74, 6) is 0.0390. The first-order chi connectivity index (χ1) is 9.72. The normalized spacial score (nSPS) is 21.6. The Morgan fingerprint density at radius 1 is 1.10 bits per heavy atom. The van der Waals surface area contributed by atoms with E-state index < -0.39 is 5.97 Å². The summed E-state index contributed by atoms with van der Waals surface area (Å²) < 4.78 is 0. The lowest BCUT2D eigenvalue weighted by Gasteiger charge is -2.30. The van der Waals surface area contributed by atoms with Gasteiger partial charge in [0.15, 0.2) is 0 Å². The van der Waals surface area contributed by atoms with E-state index in [-0.39, 0.29) is 5.92 Å². The van der Waals surface area contributed by atoms with Gasteiger partial charge in [-0.05, 0) is 55.8 Å². The molecule has 1 aromatic rings. The summed E-state index contributed by atoms with van der Waals surface area (Å²) >= 11 is 0. The van der Waals surface area contributed by atoms with Crippen LogP contribution in [0.4, 0.5) is 0 Å². The van der Waals surface area contributed by atoms with Crippen LogP contribution in [-0.4, -0.2) is 29.1 Å². The second-order valence-electron chi connectivity index (χ2n) is 6.26. The maximum absolute atomic E-state index is 10.9. The molecular weight excluding hydrogens is 250 g/mol. The molecule has 1 N–H and O–H groups in total. The van der Waals surface area contributed by atoms with E-state index in [9.17, 15) is 4.79 Å². The van der Waals surface area contributed by atoms with Gasteiger partial charge in [0, 0.05) is 6.54 Å². The van der Waals surface area contributed by atoms with Crippen molar-refractivity contribution in [3.63, 3.8) is 0 Å². The summed E-state index contributed by atoms with van der Waals surface area (Å²) in [4.78, 5) is 13.3. The number of rotatable bonds is 4. The van der Waals surface area contributed by atoms with Crippen molar-refractivity contribution in [3.8, 4) is 0 Å². The molecule has 1 aromatic carbocycles. The number of carboxylic acids is 1. The summed E-state index contributed by atoms with van der Waals surface area (Å²) in [7, 11) is 0. The molecule has 1 heterocycles. The van der Waals surface area contributed by atoms with Crippen LogP contribution < -0.4 is 0 Å². The lowest BCUT2D eigenvalue weighted by atomic mass is 9.80. The Hall–Kier alpha value is -1.35. The van der Waals surface area contributed by atoms with Crippen molar-refractivity contribution in [1.82, 2.24) is 4.90 Å². The quantitative estimate of drug-likeness (QED) is 0.915. The standard InChI is InChI=1S/C17H23NO2/c19-17(20)16-8-10-18(11-9-16)12-13-4-6-15(7-5-13)14-2-1-3-14/h4-7,14,16H,1-3,8-12H2,(H,19,20). The molecule has 2 aliphatic rings. The molecule has 3 rings (SSSR count). The maximum Gasteiger partial charge on any atom is 0.306 e. The van der Waals surface area contributed by atoms with Crippen molar-refractivity contribution in [2.24, 2.45) is 5.92 Å². The van der Waals surface area contributed by atoms with Gasteiger partial charge in [-0.25, -0.2) is 0 Å². The van der Waals surface area contributed by atoms with Crippen LogP contribution in [0.5, 0.6) is 0 Å². The van der Waals surface area contributed by atoms with Gasteiger partial charge < -0.3 is 5.11 Å². The highest BCUT2D eigenvalue weighted by atomic mass is 16.4. The molecule has 0 amide bonds. The topological polar surface area (TPSA) is 40.5 Å². The smallest absolute Gasteiger partial charge is 0.306 e. The largest absolute Gasteiger partial charge is 0.481 e. The summed E-state index contributed by atoms with van der Waals surface area (Å²) in [6.07, 6.45) is 5.65. The SMILES string of the molecule is O=C(O)C1CCN(Cc2ccc(C3CCC3)cc2)CC1. The second-order valence-corrected chi connectivity index (χ2v) is 6.26. The fourth-order valence-electron chi connectivity index (χ4n) is 3.23. The molecule has 2 fully saturated rings. The Kier molecular flexibility index (Phi) is 4.06. The van der Waals surface area contributed by atoms with Crippen LogP contribution >= 0.6 is 0 Å². The van der Waals surface area contributed by atoms with E-state index in [0.29, 0.717) is 0 Å². The molecule has 3 heteroatoms. The van der Waals surface area contributed by atoms with Gasteiger partial charge >= 0.3 is 5.97 Å². The third kappa shape index (κ3) is 3.04. The molecular formula is C17H23NO2. The van der Waals surface area contributed by atoms with Crippen molar-refractivity contribution in [3.05, 3.63) is 35.4 Å². The lowest BCUT2D eigenvalue weighted by molar-refractivity contribution is -0.143. The van der Waals surface area contributed by atoms with Crippen molar-refractivity contribution < 1.29 is 9.90 Å². The minimum Gasteiger partial charge on any atom is -0.481 e. The van der Waals surface area contributed by atoms with Crippen LogP contribution in [-0.2, 0) is 11.3 Å². The van der Waals surface area contributed by atoms with Crippen LogP contribution in [0, 0.1) is 5.92 Å². The van der Waals surface area contributed by atoms with Gasteiger partial charge in [-0.3, -0.25) is 9.69 Å². The highest BCUT2D eigenvalue weighted by molar-refractivity contribution is 5.70. The van der Waals surface area contributed by atoms with Gasteiger partial charge in [0.05, 0.1) is 5.92 Å². The molecule has 1 saturated carbocycles. The molecule has 0 spiro atoms. The fourth-order valence-corrected chi connectivity index (χ4v) is 3.23. The van der Waals surface area contributed by atoms with Crippen molar-refractivity contribution >= 4 is 5.97 Å². The minimum atomic E-state index is -0.630. The maximum atomic E-state index is 10.9. The summed E-state index contributed by atoms with van der Waals surface area (Å²) in [6, 6.07) is 9.06. The average Bonchev–Trinajstić information content (AvgIpc) is 2.39. The third-order valence-electron chi connectivity index (χ3n) is 4.90. The molecule has 1 aliphatic heterocycles. The Labute approximate surface area is 120 Å². The summed E-state index contributed by atoms with van der Waals surface area (Å²) in [5, 5.41) is 9.01. The van der Waals surface area contributed by atoms with Crippen LogP contribution in [0.3, 0.4) is 0 Å². The predicted octanol–water partition coefficient (Wildman–Crippen LogP) is 3.25. The summed E-state index contributed by atoms with van der Waals surface area (Å²) in [5.41, 5.74) is 2.84. The van der Waals surface area contributed by atoms with E-state index in [1.807, 2.05) is 0 Å². The number of nitrogens with zero attached hydrogens (tertiary/aromatic N) is 1. The van der Waals surface area contributed by atoms with Crippen LogP contribution in [0.1, 0.15) is 49.1 Å². The molecule has 3 nitrogen and oxygen atoms in total. The average molecular weight is 273 g/mol. The van der Waals surface area contributed by atoms with Gasteiger partial charge in [0.2, 0.25) is 0 Å². The number of benzene rings is 1. The Morgan fingerprint density at radius 2 is 1.75 bits per heavy atom. The van der Waals surface area contributed by atoms with E-state index in [1.54, 1.807) is 0 Å². The first-order valence-electron chi connectivity index (χ1n) is 7.76. The minimum absolute atomic E-state index is 0.132. The Morgan fingerprint density at radius 3 is 2.25 bits per heavy atom. The zero-order valence-corrected chi connectivity index (χ0v) is 11.9. The Balaban J connectivity index is 1.52. The first-order valence-corrected chi connectivity index (χ1v) is 7.76. The van der Waals surface area contributed by atoms with Gasteiger partial charge in [-0.1, -0.05) is 30.7 Å². The molecule has 0 atom stereocenters. The number of likely N-dealkylation sites (tertiary alicyclic amines) is 1. The number of piperidine rings is 1. The molecule has 1 saturated heterocycles. The van der Waals surface area contributed by atoms with E-state index in [4.69, 9.17) is 5.11 Å². The zero-order valence-electron chi connectivity index (χ0n) is 11.9. The third-order valence-corrected chi connectivity index (χ3v) is 4.90. The Bertz CT molecular complexity index is 456. The molecule has 0 bridgehead atoms. The molecule has 108 valence electrons. The van der Waals surface area contributed by atoms with Crippen LogP contribution in [0.2, 0.25) is 0 Å². The van der Waals surface area contributed by atoms with E-state index >= 15 is 0 Å². The van der Waals surface area contributed by atoms with E-state index in [2.05, 4.69) is 29.2 Å². The lowest BCUT2D eigenvalue weighted by Crippen LogP contribution is -2.35. The van der Waals surface area contributed by atoms with Gasteiger partial charge in [0.25, 0.3) is 0 Å². The number of aliphatic carboxylic acids is 1. The fraction of sp³-hybridized carbons (Fsp3) is 0.588. The van der Waals surface area contributed by atoms with E-state index in [0.717, 1.165) is 38.4 Å². The van der Waals surface area contributed by atoms with Gasteiger partial charge in [-0.15, -0.1) is 0 Å². The van der Waals surface area contributed by atoms with Crippen molar-refractivity contribution in [2.45, 2.75) is 44.6 Å². The second kappa shape index (κ2) is 5.96. The molecule has 0 radical (unpaired) electrons. The number of carbonyl (C=O) groups is 1. The number of hydrogen-bond acceptors (Lipinski definition) is 2. The molecule has 20 heavy (non-hydrogen) atoms. The highest BCUT2D eigenvalue weighted by Gasteiger charge is 2.24. The van der Waals surface area contributed by atoms with Crippen molar-refractivity contribution in [2.75, 3.05) is 13.1 Å². The van der Waals surface area contributed by atoms with Crippen LogP contribution in [0.25, 0.3) is 0 Å². The van der Waals surface area contributed by atoms with Crippen molar-refractivity contribution in [1.29, 1.82) is 0 Å². The number of hydrogen-bond donors (Lipinski definition) is 1. The van der Waals surface area contributed by atoms with Gasteiger partial charge in [-0.2, -0.15) is 0 Å². The zero-order chi connectivity index (χ0) is 13.9.